The highest BCUT2D eigenvalue weighted by Crippen LogP contribution is 2.30. The van der Waals surface area contributed by atoms with Crippen LogP contribution >= 0.6 is 23.2 Å². The van der Waals surface area contributed by atoms with Crippen molar-refractivity contribution in [3.8, 4) is 11.5 Å². The highest BCUT2D eigenvalue weighted by molar-refractivity contribution is 6.31. The van der Waals surface area contributed by atoms with Gasteiger partial charge >= 0.3 is 5.97 Å². The number of ether oxygens (including phenoxy) is 1. The van der Waals surface area contributed by atoms with Crippen molar-refractivity contribution in [2.45, 2.75) is 19.3 Å². The molecule has 0 radical (unpaired) electrons. The number of carbonyl (C=O) groups is 1. The average molecular weight is 355 g/mol. The average Bonchev–Trinajstić information content (AvgIpc) is 2.49. The summed E-state index contributed by atoms with van der Waals surface area (Å²) in [6.07, 6.45) is 0.874. The Morgan fingerprint density at radius 1 is 1.04 bits per heavy atom. The van der Waals surface area contributed by atoms with E-state index in [1.54, 1.807) is 30.3 Å². The molecule has 0 saturated carbocycles. The van der Waals surface area contributed by atoms with Crippen molar-refractivity contribution < 1.29 is 19.7 Å². The fourth-order valence-corrected chi connectivity index (χ4v) is 2.52. The molecule has 0 fully saturated rings. The van der Waals surface area contributed by atoms with E-state index in [1.807, 2.05) is 0 Å². The molecular formula is C17H16Cl2O4. The molecule has 0 amide bonds. The van der Waals surface area contributed by atoms with E-state index in [0.717, 1.165) is 5.56 Å². The predicted octanol–water partition coefficient (Wildman–Crippen LogP) is 4.53. The lowest BCUT2D eigenvalue weighted by molar-refractivity contribution is -0.137. The van der Waals surface area contributed by atoms with Gasteiger partial charge in [0.2, 0.25) is 0 Å². The first-order valence-corrected chi connectivity index (χ1v) is 7.81. The van der Waals surface area contributed by atoms with Crippen LogP contribution in [0.5, 0.6) is 11.5 Å². The molecule has 6 heteroatoms. The zero-order chi connectivity index (χ0) is 16.8. The monoisotopic (exact) mass is 354 g/mol. The van der Waals surface area contributed by atoms with Crippen LogP contribution in [0.25, 0.3) is 0 Å². The van der Waals surface area contributed by atoms with Gasteiger partial charge in [-0.3, -0.25) is 4.79 Å². The van der Waals surface area contributed by atoms with Crippen molar-refractivity contribution in [1.82, 2.24) is 0 Å². The van der Waals surface area contributed by atoms with E-state index in [2.05, 4.69) is 0 Å². The predicted molar refractivity (Wildman–Crippen MR) is 89.7 cm³/mol. The molecule has 0 saturated heterocycles. The number of phenols is 1. The maximum atomic E-state index is 10.5. The topological polar surface area (TPSA) is 66.8 Å². The molecule has 2 aromatic carbocycles. The number of phenolic OH excluding ortho intramolecular Hbond substituents is 1. The van der Waals surface area contributed by atoms with Gasteiger partial charge in [0.1, 0.15) is 11.5 Å². The zero-order valence-corrected chi connectivity index (χ0v) is 13.8. The summed E-state index contributed by atoms with van der Waals surface area (Å²) < 4.78 is 5.65. The summed E-state index contributed by atoms with van der Waals surface area (Å²) in [6.45, 7) is 0.294. The first-order valence-electron chi connectivity index (χ1n) is 7.06. The molecule has 23 heavy (non-hydrogen) atoms. The molecule has 0 aromatic heterocycles. The molecule has 4 nitrogen and oxygen atoms in total. The maximum absolute atomic E-state index is 10.5. The van der Waals surface area contributed by atoms with Crippen molar-refractivity contribution in [3.05, 3.63) is 57.6 Å². The molecule has 2 aromatic rings. The summed E-state index contributed by atoms with van der Waals surface area (Å²) in [5.41, 5.74) is 1.46. The summed E-state index contributed by atoms with van der Waals surface area (Å²) >= 11 is 12.0. The van der Waals surface area contributed by atoms with E-state index in [1.165, 1.54) is 6.07 Å². The summed E-state index contributed by atoms with van der Waals surface area (Å²) in [5.74, 6) is -0.0980. The lowest BCUT2D eigenvalue weighted by atomic mass is 10.0. The number of aromatic hydroxyl groups is 1. The lowest BCUT2D eigenvalue weighted by Gasteiger charge is -2.13. The molecule has 0 bridgehead atoms. The summed E-state index contributed by atoms with van der Waals surface area (Å²) in [5, 5.41) is 19.7. The minimum absolute atomic E-state index is 0.0536. The third kappa shape index (κ3) is 5.34. The Hall–Kier alpha value is -1.91. The first-order chi connectivity index (χ1) is 11.0. The van der Waals surface area contributed by atoms with Crippen molar-refractivity contribution in [2.24, 2.45) is 0 Å². The number of halogens is 2. The van der Waals surface area contributed by atoms with Crippen molar-refractivity contribution in [2.75, 3.05) is 6.61 Å². The fourth-order valence-electron chi connectivity index (χ4n) is 2.13. The van der Waals surface area contributed by atoms with E-state index >= 15 is 0 Å². The zero-order valence-electron chi connectivity index (χ0n) is 12.3. The van der Waals surface area contributed by atoms with E-state index in [-0.39, 0.29) is 12.2 Å². The van der Waals surface area contributed by atoms with Crippen LogP contribution in [0.4, 0.5) is 0 Å². The Kier molecular flexibility index (Phi) is 6.13. The van der Waals surface area contributed by atoms with E-state index in [0.29, 0.717) is 40.8 Å². The van der Waals surface area contributed by atoms with Gasteiger partial charge in [0.15, 0.2) is 0 Å². The van der Waals surface area contributed by atoms with Crippen LogP contribution in [0.1, 0.15) is 24.0 Å². The second kappa shape index (κ2) is 8.09. The number of benzene rings is 2. The third-order valence-corrected chi connectivity index (χ3v) is 3.71. The number of carboxylic acids is 1. The molecule has 0 aliphatic rings. The summed E-state index contributed by atoms with van der Waals surface area (Å²) in [4.78, 5) is 10.5. The molecule has 0 spiro atoms. The van der Waals surface area contributed by atoms with Gasteiger partial charge in [-0.15, -0.1) is 0 Å². The number of carboxylic acid groups (broad SMARTS) is 1. The Morgan fingerprint density at radius 3 is 2.39 bits per heavy atom. The summed E-state index contributed by atoms with van der Waals surface area (Å²) in [6, 6.07) is 10.0. The number of aliphatic carboxylic acids is 1. The summed E-state index contributed by atoms with van der Waals surface area (Å²) in [7, 11) is 0. The molecule has 0 atom stereocenters. The molecule has 122 valence electrons. The van der Waals surface area contributed by atoms with Gasteiger partial charge in [0.05, 0.1) is 6.61 Å². The molecule has 0 heterocycles. The molecule has 0 aliphatic carbocycles. The highest BCUT2D eigenvalue weighted by atomic mass is 35.5. The smallest absolute Gasteiger partial charge is 0.303 e. The molecular weight excluding hydrogens is 339 g/mol. The van der Waals surface area contributed by atoms with Gasteiger partial charge < -0.3 is 14.9 Å². The van der Waals surface area contributed by atoms with Gasteiger partial charge in [0, 0.05) is 28.5 Å². The first kappa shape index (κ1) is 17.4. The van der Waals surface area contributed by atoms with E-state index in [4.69, 9.17) is 33.0 Å². The van der Waals surface area contributed by atoms with Gasteiger partial charge in [0.25, 0.3) is 0 Å². The van der Waals surface area contributed by atoms with Crippen LogP contribution < -0.4 is 4.74 Å². The second-order valence-corrected chi connectivity index (χ2v) is 5.92. The molecule has 0 unspecified atom stereocenters. The molecule has 0 aliphatic heterocycles. The quantitative estimate of drug-likeness (QED) is 0.716. The largest absolute Gasteiger partial charge is 0.508 e. The minimum atomic E-state index is -0.853. The molecule has 2 rings (SSSR count). The van der Waals surface area contributed by atoms with Gasteiger partial charge in [-0.25, -0.2) is 0 Å². The second-order valence-electron chi connectivity index (χ2n) is 5.05. The number of rotatable bonds is 7. The Bertz CT molecular complexity index is 701. The fraction of sp³-hybridized carbons (Fsp3) is 0.235. The normalized spacial score (nSPS) is 10.5. The standard InChI is InChI=1S/C17H16Cl2O4/c18-13-3-5-15(20)11(9-13)8-12-10-14(19)4-6-16(12)23-7-1-2-17(21)22/h3-6,9-10,20H,1-2,7-8H2,(H,21,22). The van der Waals surface area contributed by atoms with Crippen molar-refractivity contribution in [1.29, 1.82) is 0 Å². The maximum Gasteiger partial charge on any atom is 0.303 e. The van der Waals surface area contributed by atoms with Gasteiger partial charge in [-0.1, -0.05) is 23.2 Å². The van der Waals surface area contributed by atoms with Gasteiger partial charge in [-0.05, 0) is 48.4 Å². The number of hydrogen-bond donors (Lipinski definition) is 2. The Morgan fingerprint density at radius 2 is 1.70 bits per heavy atom. The lowest BCUT2D eigenvalue weighted by Crippen LogP contribution is -2.04. The van der Waals surface area contributed by atoms with Crippen LogP contribution in [0.2, 0.25) is 10.0 Å². The van der Waals surface area contributed by atoms with Crippen LogP contribution in [0, 0.1) is 0 Å². The minimum Gasteiger partial charge on any atom is -0.508 e. The molecule has 2 N–H and O–H groups in total. The Balaban J connectivity index is 2.15. The number of hydrogen-bond acceptors (Lipinski definition) is 3. The van der Waals surface area contributed by atoms with E-state index < -0.39 is 5.97 Å². The third-order valence-electron chi connectivity index (χ3n) is 3.24. The Labute approximate surface area is 144 Å². The van der Waals surface area contributed by atoms with Crippen molar-refractivity contribution in [3.63, 3.8) is 0 Å². The highest BCUT2D eigenvalue weighted by Gasteiger charge is 2.10. The van der Waals surface area contributed by atoms with Crippen LogP contribution in [-0.4, -0.2) is 22.8 Å². The van der Waals surface area contributed by atoms with Crippen LogP contribution in [0.15, 0.2) is 36.4 Å². The van der Waals surface area contributed by atoms with Crippen LogP contribution in [-0.2, 0) is 11.2 Å². The van der Waals surface area contributed by atoms with Crippen molar-refractivity contribution >= 4 is 29.2 Å². The van der Waals surface area contributed by atoms with E-state index in [9.17, 15) is 9.90 Å². The van der Waals surface area contributed by atoms with Crippen LogP contribution in [0.3, 0.4) is 0 Å². The SMILES string of the molecule is O=C(O)CCCOc1ccc(Cl)cc1Cc1cc(Cl)ccc1O. The van der Waals surface area contributed by atoms with Gasteiger partial charge in [-0.2, -0.15) is 0 Å².